The number of aromatic hydroxyl groups is 1. The third-order valence-corrected chi connectivity index (χ3v) is 7.64. The van der Waals surface area contributed by atoms with Gasteiger partial charge < -0.3 is 25.7 Å². The molecule has 1 aliphatic rings. The lowest BCUT2D eigenvalue weighted by molar-refractivity contribution is -0.148. The second kappa shape index (κ2) is 11.7. The highest BCUT2D eigenvalue weighted by molar-refractivity contribution is 5.97. The van der Waals surface area contributed by atoms with E-state index in [9.17, 15) is 24.6 Å². The zero-order chi connectivity index (χ0) is 29.1. The maximum atomic E-state index is 15.1. The highest BCUT2D eigenvalue weighted by atomic mass is 19.3. The Morgan fingerprint density at radius 1 is 1.08 bits per heavy atom. The van der Waals surface area contributed by atoms with Crippen LogP contribution in [0.15, 0.2) is 48.5 Å². The van der Waals surface area contributed by atoms with Gasteiger partial charge in [0.05, 0.1) is 18.0 Å². The molecule has 0 spiro atoms. The summed E-state index contributed by atoms with van der Waals surface area (Å²) in [5.41, 5.74) is -0.790. The summed E-state index contributed by atoms with van der Waals surface area (Å²) in [6.45, 7) is 6.51. The molecule has 10 heteroatoms. The average Bonchev–Trinajstić information content (AvgIpc) is 3.08. The molecule has 1 heterocycles. The smallest absolute Gasteiger partial charge is 0.272 e. The number of aliphatic hydroxyl groups is 1. The van der Waals surface area contributed by atoms with Crippen molar-refractivity contribution in [3.63, 3.8) is 0 Å². The second-order valence-corrected chi connectivity index (χ2v) is 10.8. The molecule has 0 radical (unpaired) electrons. The number of hydrogen-bond acceptors (Lipinski definition) is 5. The molecule has 1 fully saturated rings. The summed E-state index contributed by atoms with van der Waals surface area (Å²) in [5, 5.41) is 26.6. The molecule has 0 saturated carbocycles. The quantitative estimate of drug-likeness (QED) is 0.386. The number of alkyl halides is 2. The molecule has 0 bridgehead atoms. The third kappa shape index (κ3) is 6.21. The standard InChI is InChI=1S/C29H37F2N3O5/c1-6-17(2)32-26(38)24-28(4,5)29(30,31)16-34(24)27(39)23(36)21(15-19-11-8-7-9-12-19)33-25(37)20-13-10-14-22(35)18(20)3/h7-14,17,21,23-24,35-36H,6,15-16H2,1-5H3,(H,32,38)(H,33,37)/t17?,21?,23-,24+/m0/s1. The van der Waals surface area contributed by atoms with Crippen LogP contribution in [-0.2, 0) is 16.0 Å². The van der Waals surface area contributed by atoms with Crippen LogP contribution < -0.4 is 10.6 Å². The molecule has 2 aromatic rings. The Morgan fingerprint density at radius 3 is 2.33 bits per heavy atom. The van der Waals surface area contributed by atoms with Crippen molar-refractivity contribution >= 4 is 17.7 Å². The molecule has 0 aromatic heterocycles. The second-order valence-electron chi connectivity index (χ2n) is 10.8. The number of amides is 3. The van der Waals surface area contributed by atoms with Crippen molar-refractivity contribution in [1.82, 2.24) is 15.5 Å². The minimum absolute atomic E-state index is 0.00864. The van der Waals surface area contributed by atoms with Gasteiger partial charge in [0.1, 0.15) is 11.8 Å². The fourth-order valence-corrected chi connectivity index (χ4v) is 4.76. The number of nitrogens with zero attached hydrogens (tertiary/aromatic N) is 1. The summed E-state index contributed by atoms with van der Waals surface area (Å²) in [7, 11) is 0. The molecular weight excluding hydrogens is 508 g/mol. The Labute approximate surface area is 227 Å². The van der Waals surface area contributed by atoms with Gasteiger partial charge in [0.15, 0.2) is 6.10 Å². The van der Waals surface area contributed by atoms with Crippen molar-refractivity contribution in [3.8, 4) is 5.75 Å². The average molecular weight is 546 g/mol. The number of hydrogen-bond donors (Lipinski definition) is 4. The van der Waals surface area contributed by atoms with Crippen molar-refractivity contribution in [3.05, 3.63) is 65.2 Å². The molecule has 4 atom stereocenters. The van der Waals surface area contributed by atoms with E-state index in [1.54, 1.807) is 44.2 Å². The number of aliphatic hydroxyl groups excluding tert-OH is 1. The van der Waals surface area contributed by atoms with Crippen LogP contribution in [0.2, 0.25) is 0 Å². The van der Waals surface area contributed by atoms with E-state index in [2.05, 4.69) is 10.6 Å². The molecule has 2 aromatic carbocycles. The number of carbonyl (C=O) groups excluding carboxylic acids is 3. The van der Waals surface area contributed by atoms with Crippen LogP contribution in [0.3, 0.4) is 0 Å². The zero-order valence-electron chi connectivity index (χ0n) is 22.9. The summed E-state index contributed by atoms with van der Waals surface area (Å²) < 4.78 is 30.3. The first-order valence-electron chi connectivity index (χ1n) is 13.0. The van der Waals surface area contributed by atoms with Gasteiger partial charge in [-0.1, -0.05) is 57.2 Å². The number of likely N-dealkylation sites (tertiary alicyclic amines) is 1. The molecule has 4 N–H and O–H groups in total. The number of carbonyl (C=O) groups is 3. The van der Waals surface area contributed by atoms with E-state index < -0.39 is 53.8 Å². The minimum Gasteiger partial charge on any atom is -0.508 e. The molecule has 3 amide bonds. The number of rotatable bonds is 9. The molecule has 39 heavy (non-hydrogen) atoms. The molecule has 0 aliphatic carbocycles. The lowest BCUT2D eigenvalue weighted by Crippen LogP contribution is -2.58. The predicted octanol–water partition coefficient (Wildman–Crippen LogP) is 3.19. The highest BCUT2D eigenvalue weighted by Crippen LogP contribution is 2.48. The van der Waals surface area contributed by atoms with Crippen LogP contribution in [0.25, 0.3) is 0 Å². The van der Waals surface area contributed by atoms with Crippen LogP contribution in [0.5, 0.6) is 5.75 Å². The fourth-order valence-electron chi connectivity index (χ4n) is 4.76. The van der Waals surface area contributed by atoms with Crippen molar-refractivity contribution in [2.24, 2.45) is 5.41 Å². The van der Waals surface area contributed by atoms with E-state index in [4.69, 9.17) is 0 Å². The van der Waals surface area contributed by atoms with Gasteiger partial charge in [0.2, 0.25) is 5.91 Å². The van der Waals surface area contributed by atoms with Gasteiger partial charge in [-0.2, -0.15) is 0 Å². The monoisotopic (exact) mass is 545 g/mol. The Morgan fingerprint density at radius 2 is 1.72 bits per heavy atom. The van der Waals surface area contributed by atoms with Crippen molar-refractivity contribution in [1.29, 1.82) is 0 Å². The summed E-state index contributed by atoms with van der Waals surface area (Å²) >= 11 is 0. The maximum absolute atomic E-state index is 15.1. The molecule has 1 saturated heterocycles. The number of benzene rings is 2. The normalized spacial score (nSPS) is 20.1. The fraction of sp³-hybridized carbons (Fsp3) is 0.483. The maximum Gasteiger partial charge on any atom is 0.272 e. The summed E-state index contributed by atoms with van der Waals surface area (Å²) in [6.07, 6.45) is -1.37. The van der Waals surface area contributed by atoms with Crippen molar-refractivity contribution < 1.29 is 33.4 Å². The first kappa shape index (κ1) is 30.0. The van der Waals surface area contributed by atoms with Gasteiger partial charge >= 0.3 is 0 Å². The van der Waals surface area contributed by atoms with E-state index in [1.165, 1.54) is 32.0 Å². The first-order chi connectivity index (χ1) is 18.2. The highest BCUT2D eigenvalue weighted by Gasteiger charge is 2.64. The number of phenols is 1. The summed E-state index contributed by atoms with van der Waals surface area (Å²) in [6, 6.07) is 10.1. The van der Waals surface area contributed by atoms with Crippen LogP contribution in [-0.4, -0.2) is 69.5 Å². The SMILES string of the molecule is CCC(C)NC(=O)[C@H]1N(C(=O)[C@@H](O)C(Cc2ccccc2)NC(=O)c2cccc(O)c2C)CC(F)(F)C1(C)C. The summed E-state index contributed by atoms with van der Waals surface area (Å²) in [5.74, 6) is -5.98. The summed E-state index contributed by atoms with van der Waals surface area (Å²) in [4.78, 5) is 40.7. The van der Waals surface area contributed by atoms with E-state index >= 15 is 8.78 Å². The van der Waals surface area contributed by atoms with E-state index in [-0.39, 0.29) is 23.8 Å². The number of halogens is 2. The molecule has 8 nitrogen and oxygen atoms in total. The van der Waals surface area contributed by atoms with Crippen LogP contribution >= 0.6 is 0 Å². The van der Waals surface area contributed by atoms with Gasteiger partial charge in [-0.3, -0.25) is 14.4 Å². The van der Waals surface area contributed by atoms with Crippen LogP contribution in [0.1, 0.15) is 55.6 Å². The molecule has 2 unspecified atom stereocenters. The minimum atomic E-state index is -3.41. The van der Waals surface area contributed by atoms with Gasteiger partial charge in [0.25, 0.3) is 17.7 Å². The van der Waals surface area contributed by atoms with Crippen molar-refractivity contribution in [2.45, 2.75) is 77.6 Å². The topological polar surface area (TPSA) is 119 Å². The molecule has 3 rings (SSSR count). The van der Waals surface area contributed by atoms with E-state index in [0.717, 1.165) is 4.90 Å². The Bertz CT molecular complexity index is 1200. The van der Waals surface area contributed by atoms with E-state index in [0.29, 0.717) is 17.5 Å². The van der Waals surface area contributed by atoms with Crippen LogP contribution in [0, 0.1) is 12.3 Å². The molecule has 1 aliphatic heterocycles. The van der Waals surface area contributed by atoms with Gasteiger partial charge in [-0.05, 0) is 44.4 Å². The van der Waals surface area contributed by atoms with Crippen LogP contribution in [0.4, 0.5) is 8.78 Å². The lowest BCUT2D eigenvalue weighted by atomic mass is 9.81. The Kier molecular flexibility index (Phi) is 9.00. The largest absolute Gasteiger partial charge is 0.508 e. The first-order valence-corrected chi connectivity index (χ1v) is 13.0. The van der Waals surface area contributed by atoms with Crippen molar-refractivity contribution in [2.75, 3.05) is 6.54 Å². The molecule has 212 valence electrons. The number of nitrogens with one attached hydrogen (secondary N) is 2. The zero-order valence-corrected chi connectivity index (χ0v) is 22.9. The van der Waals surface area contributed by atoms with Gasteiger partial charge in [-0.15, -0.1) is 0 Å². The van der Waals surface area contributed by atoms with E-state index in [1.807, 2.05) is 6.92 Å². The Balaban J connectivity index is 1.95. The predicted molar refractivity (Wildman–Crippen MR) is 142 cm³/mol. The number of phenolic OH excluding ortho intramolecular Hbond substituents is 1. The third-order valence-electron chi connectivity index (χ3n) is 7.64. The van der Waals surface area contributed by atoms with Gasteiger partial charge in [0, 0.05) is 17.2 Å². The van der Waals surface area contributed by atoms with Gasteiger partial charge in [-0.25, -0.2) is 8.78 Å². The molecular formula is C29H37F2N3O5. The Hall–Kier alpha value is -3.53. The lowest BCUT2D eigenvalue weighted by Gasteiger charge is -2.34.